The predicted molar refractivity (Wildman–Crippen MR) is 63.5 cm³/mol. The Morgan fingerprint density at radius 1 is 1.59 bits per heavy atom. The average Bonchev–Trinajstić information content (AvgIpc) is 2.14. The van der Waals surface area contributed by atoms with Crippen LogP contribution in [0.2, 0.25) is 0 Å². The van der Waals surface area contributed by atoms with Crippen LogP contribution < -0.4 is 0 Å². The molecule has 0 heterocycles. The van der Waals surface area contributed by atoms with Crippen LogP contribution in [0.5, 0.6) is 0 Å². The second-order valence-electron chi connectivity index (χ2n) is 5.15. The number of hydrogen-bond acceptors (Lipinski definition) is 4. The summed E-state index contributed by atoms with van der Waals surface area (Å²) in [5, 5.41) is 9.74. The highest BCUT2D eigenvalue weighted by atomic mass is 16.5. The van der Waals surface area contributed by atoms with Gasteiger partial charge in [0.1, 0.15) is 11.7 Å². The smallest absolute Gasteiger partial charge is 0.317 e. The summed E-state index contributed by atoms with van der Waals surface area (Å²) < 4.78 is 5.11. The van der Waals surface area contributed by atoms with E-state index < -0.39 is 17.3 Å². The van der Waals surface area contributed by atoms with Crippen molar-refractivity contribution in [2.24, 2.45) is 11.3 Å². The van der Waals surface area contributed by atoms with Gasteiger partial charge < -0.3 is 9.84 Å². The standard InChI is InChI=1S/C13H20O4/c1-4-5-6-17-12(16)11-10(15)7-9(14)8-13(11,2)3/h7,11,15H,4-6,8H2,1-3H3. The maximum absolute atomic E-state index is 11.9. The van der Waals surface area contributed by atoms with Crippen molar-refractivity contribution in [2.75, 3.05) is 6.61 Å². The highest BCUT2D eigenvalue weighted by molar-refractivity contribution is 5.94. The van der Waals surface area contributed by atoms with Crippen molar-refractivity contribution >= 4 is 11.8 Å². The van der Waals surface area contributed by atoms with Crippen molar-refractivity contribution < 1.29 is 19.4 Å². The molecule has 0 bridgehead atoms. The fourth-order valence-electron chi connectivity index (χ4n) is 2.09. The zero-order valence-electron chi connectivity index (χ0n) is 10.7. The van der Waals surface area contributed by atoms with Gasteiger partial charge in [0.05, 0.1) is 6.61 Å². The Labute approximate surface area is 102 Å². The van der Waals surface area contributed by atoms with Crippen molar-refractivity contribution in [3.63, 3.8) is 0 Å². The first-order chi connectivity index (χ1) is 7.88. The molecular weight excluding hydrogens is 220 g/mol. The lowest BCUT2D eigenvalue weighted by atomic mass is 9.71. The number of rotatable bonds is 4. The topological polar surface area (TPSA) is 63.6 Å². The largest absolute Gasteiger partial charge is 0.511 e. The third-order valence-electron chi connectivity index (χ3n) is 2.99. The van der Waals surface area contributed by atoms with Crippen molar-refractivity contribution in [2.45, 2.75) is 40.0 Å². The van der Waals surface area contributed by atoms with E-state index in [-0.39, 0.29) is 18.0 Å². The minimum Gasteiger partial charge on any atom is -0.511 e. The molecule has 0 aromatic rings. The molecule has 1 aliphatic carbocycles. The fourth-order valence-corrected chi connectivity index (χ4v) is 2.09. The monoisotopic (exact) mass is 240 g/mol. The molecule has 17 heavy (non-hydrogen) atoms. The molecule has 0 radical (unpaired) electrons. The highest BCUT2D eigenvalue weighted by Gasteiger charge is 2.43. The molecule has 0 aliphatic heterocycles. The summed E-state index contributed by atoms with van der Waals surface area (Å²) in [6.45, 7) is 5.96. The molecule has 0 fully saturated rings. The molecular formula is C13H20O4. The highest BCUT2D eigenvalue weighted by Crippen LogP contribution is 2.39. The Hall–Kier alpha value is -1.32. The molecule has 4 nitrogen and oxygen atoms in total. The second-order valence-corrected chi connectivity index (χ2v) is 5.15. The van der Waals surface area contributed by atoms with Gasteiger partial charge in [-0.25, -0.2) is 0 Å². The van der Waals surface area contributed by atoms with Crippen LogP contribution in [0.15, 0.2) is 11.8 Å². The number of ketones is 1. The molecule has 1 unspecified atom stereocenters. The summed E-state index contributed by atoms with van der Waals surface area (Å²) in [4.78, 5) is 23.2. The van der Waals surface area contributed by atoms with E-state index in [9.17, 15) is 14.7 Å². The van der Waals surface area contributed by atoms with Crippen molar-refractivity contribution in [3.05, 3.63) is 11.8 Å². The zero-order valence-corrected chi connectivity index (χ0v) is 10.7. The Kier molecular flexibility index (Phi) is 4.32. The van der Waals surface area contributed by atoms with Gasteiger partial charge >= 0.3 is 5.97 Å². The lowest BCUT2D eigenvalue weighted by Crippen LogP contribution is -2.38. The number of aliphatic hydroxyl groups excluding tert-OH is 1. The number of hydrogen-bond donors (Lipinski definition) is 1. The summed E-state index contributed by atoms with van der Waals surface area (Å²) in [5.74, 6) is -1.49. The van der Waals surface area contributed by atoms with E-state index in [1.165, 1.54) is 0 Å². The van der Waals surface area contributed by atoms with E-state index >= 15 is 0 Å². The molecule has 0 saturated carbocycles. The van der Waals surface area contributed by atoms with Gasteiger partial charge in [0, 0.05) is 12.5 Å². The molecule has 0 saturated heterocycles. The van der Waals surface area contributed by atoms with Gasteiger partial charge in [-0.15, -0.1) is 0 Å². The van der Waals surface area contributed by atoms with E-state index in [0.717, 1.165) is 18.9 Å². The minimum absolute atomic E-state index is 0.148. The molecule has 4 heteroatoms. The molecule has 96 valence electrons. The van der Waals surface area contributed by atoms with Gasteiger partial charge in [-0.05, 0) is 11.8 Å². The van der Waals surface area contributed by atoms with Crippen LogP contribution in [0, 0.1) is 11.3 Å². The maximum Gasteiger partial charge on any atom is 0.317 e. The minimum atomic E-state index is -0.725. The number of allylic oxidation sites excluding steroid dienone is 1. The zero-order chi connectivity index (χ0) is 13.1. The first kappa shape index (κ1) is 13.7. The lowest BCUT2D eigenvalue weighted by molar-refractivity contribution is -0.153. The van der Waals surface area contributed by atoms with Gasteiger partial charge in [-0.3, -0.25) is 9.59 Å². The van der Waals surface area contributed by atoms with Gasteiger partial charge in [0.2, 0.25) is 0 Å². The molecule has 1 atom stereocenters. The first-order valence-electron chi connectivity index (χ1n) is 5.98. The number of esters is 1. The summed E-state index contributed by atoms with van der Waals surface area (Å²) in [6.07, 6.45) is 3.14. The van der Waals surface area contributed by atoms with Crippen LogP contribution in [-0.2, 0) is 14.3 Å². The molecule has 0 spiro atoms. The van der Waals surface area contributed by atoms with Crippen LogP contribution in [-0.4, -0.2) is 23.5 Å². The van der Waals surface area contributed by atoms with E-state index in [0.29, 0.717) is 6.61 Å². The SMILES string of the molecule is CCCCOC(=O)C1C(O)=CC(=O)CC1(C)C. The predicted octanol–water partition coefficient (Wildman–Crippen LogP) is 2.39. The van der Waals surface area contributed by atoms with E-state index in [1.54, 1.807) is 13.8 Å². The third-order valence-corrected chi connectivity index (χ3v) is 2.99. The van der Waals surface area contributed by atoms with E-state index in [4.69, 9.17) is 4.74 Å². The average molecular weight is 240 g/mol. The maximum atomic E-state index is 11.9. The Bertz CT molecular complexity index is 341. The molecule has 1 N–H and O–H groups in total. The molecule has 1 aliphatic rings. The molecule has 0 amide bonds. The molecule has 0 aromatic carbocycles. The van der Waals surface area contributed by atoms with Gasteiger partial charge in [-0.2, -0.15) is 0 Å². The Morgan fingerprint density at radius 2 is 2.24 bits per heavy atom. The first-order valence-corrected chi connectivity index (χ1v) is 5.98. The summed E-state index contributed by atoms with van der Waals surface area (Å²) in [6, 6.07) is 0. The van der Waals surface area contributed by atoms with Crippen molar-refractivity contribution in [1.29, 1.82) is 0 Å². The van der Waals surface area contributed by atoms with Crippen LogP contribution in [0.4, 0.5) is 0 Å². The lowest BCUT2D eigenvalue weighted by Gasteiger charge is -2.34. The van der Waals surface area contributed by atoms with E-state index in [1.807, 2.05) is 6.92 Å². The normalized spacial score (nSPS) is 23.1. The number of unbranched alkanes of at least 4 members (excludes halogenated alkanes) is 1. The van der Waals surface area contributed by atoms with Gasteiger partial charge in [0.25, 0.3) is 0 Å². The molecule has 0 aromatic heterocycles. The number of ether oxygens (including phenoxy) is 1. The second kappa shape index (κ2) is 5.34. The van der Waals surface area contributed by atoms with Gasteiger partial charge in [0.15, 0.2) is 5.78 Å². The number of carbonyl (C=O) groups is 2. The Balaban J connectivity index is 2.76. The van der Waals surface area contributed by atoms with Crippen LogP contribution >= 0.6 is 0 Å². The van der Waals surface area contributed by atoms with Crippen LogP contribution in [0.25, 0.3) is 0 Å². The van der Waals surface area contributed by atoms with E-state index in [2.05, 4.69) is 0 Å². The van der Waals surface area contributed by atoms with Gasteiger partial charge in [-0.1, -0.05) is 27.2 Å². The summed E-state index contributed by atoms with van der Waals surface area (Å²) in [5.41, 5.74) is -0.584. The summed E-state index contributed by atoms with van der Waals surface area (Å²) >= 11 is 0. The third kappa shape index (κ3) is 3.32. The molecule has 1 rings (SSSR count). The fraction of sp³-hybridized carbons (Fsp3) is 0.692. The number of aliphatic hydroxyl groups is 1. The van der Waals surface area contributed by atoms with Crippen LogP contribution in [0.3, 0.4) is 0 Å². The quantitative estimate of drug-likeness (QED) is 0.605. The number of carbonyl (C=O) groups excluding carboxylic acids is 2. The Morgan fingerprint density at radius 3 is 2.76 bits per heavy atom. The van der Waals surface area contributed by atoms with Crippen molar-refractivity contribution in [3.8, 4) is 0 Å². The van der Waals surface area contributed by atoms with Crippen molar-refractivity contribution in [1.82, 2.24) is 0 Å². The summed E-state index contributed by atoms with van der Waals surface area (Å²) in [7, 11) is 0. The van der Waals surface area contributed by atoms with Crippen LogP contribution in [0.1, 0.15) is 40.0 Å².